The van der Waals surface area contributed by atoms with E-state index in [1.54, 1.807) is 12.1 Å². The average Bonchev–Trinajstić information content (AvgIpc) is 2.40. The Morgan fingerprint density at radius 2 is 1.95 bits per heavy atom. The standard InChI is InChI=1S/C12H9Br2Cl2N3O/c1-2-17-11-10(14)12(19-5-18-11)20-9-4-7(15)6(13)3-8(9)16/h3-5H,2H2,1H3,(H,17,18,19). The van der Waals surface area contributed by atoms with E-state index in [9.17, 15) is 0 Å². The lowest BCUT2D eigenvalue weighted by molar-refractivity contribution is 0.458. The molecular formula is C12H9Br2Cl2N3O. The Labute approximate surface area is 143 Å². The third-order valence-corrected chi connectivity index (χ3v) is 4.49. The van der Waals surface area contributed by atoms with Crippen molar-refractivity contribution >= 4 is 60.9 Å². The van der Waals surface area contributed by atoms with Crippen LogP contribution in [-0.2, 0) is 0 Å². The van der Waals surface area contributed by atoms with Gasteiger partial charge in [-0.15, -0.1) is 0 Å². The van der Waals surface area contributed by atoms with Crippen LogP contribution in [0.4, 0.5) is 5.82 Å². The lowest BCUT2D eigenvalue weighted by Crippen LogP contribution is -2.02. The van der Waals surface area contributed by atoms with Crippen molar-refractivity contribution in [3.63, 3.8) is 0 Å². The molecule has 8 heteroatoms. The van der Waals surface area contributed by atoms with Crippen LogP contribution in [0.5, 0.6) is 11.6 Å². The van der Waals surface area contributed by atoms with Crippen LogP contribution >= 0.6 is 55.1 Å². The maximum absolute atomic E-state index is 6.12. The predicted molar refractivity (Wildman–Crippen MR) is 88.1 cm³/mol. The van der Waals surface area contributed by atoms with Crippen LogP contribution in [0.2, 0.25) is 10.0 Å². The number of benzene rings is 1. The molecule has 0 aliphatic rings. The first-order valence-electron chi connectivity index (χ1n) is 5.59. The Morgan fingerprint density at radius 1 is 1.20 bits per heavy atom. The molecule has 2 aromatic rings. The minimum Gasteiger partial charge on any atom is -0.436 e. The first-order valence-corrected chi connectivity index (χ1v) is 7.94. The van der Waals surface area contributed by atoms with Crippen LogP contribution in [0, 0.1) is 0 Å². The molecule has 1 N–H and O–H groups in total. The number of nitrogens with one attached hydrogen (secondary N) is 1. The van der Waals surface area contributed by atoms with Gasteiger partial charge in [-0.1, -0.05) is 23.2 Å². The van der Waals surface area contributed by atoms with Crippen molar-refractivity contribution < 1.29 is 4.74 Å². The number of anilines is 1. The molecule has 2 rings (SSSR count). The smallest absolute Gasteiger partial charge is 0.238 e. The van der Waals surface area contributed by atoms with Gasteiger partial charge < -0.3 is 10.1 Å². The molecule has 0 fully saturated rings. The zero-order valence-corrected chi connectivity index (χ0v) is 14.9. The highest BCUT2D eigenvalue weighted by Crippen LogP contribution is 2.38. The normalized spacial score (nSPS) is 10.4. The molecule has 0 saturated heterocycles. The minimum absolute atomic E-state index is 0.358. The number of halogens is 4. The highest BCUT2D eigenvalue weighted by atomic mass is 79.9. The van der Waals surface area contributed by atoms with Gasteiger partial charge in [-0.25, -0.2) is 9.97 Å². The second-order valence-corrected chi connectivity index (χ2v) is 6.13. The van der Waals surface area contributed by atoms with Crippen molar-refractivity contribution in [2.45, 2.75) is 6.92 Å². The highest BCUT2D eigenvalue weighted by Gasteiger charge is 2.13. The first kappa shape index (κ1) is 15.8. The summed E-state index contributed by atoms with van der Waals surface area (Å²) in [5.74, 6) is 1.43. The van der Waals surface area contributed by atoms with E-state index < -0.39 is 0 Å². The topological polar surface area (TPSA) is 47.0 Å². The molecule has 1 aromatic carbocycles. The largest absolute Gasteiger partial charge is 0.436 e. The summed E-state index contributed by atoms with van der Waals surface area (Å²) in [5.41, 5.74) is 0. The molecule has 0 spiro atoms. The molecule has 0 amide bonds. The van der Waals surface area contributed by atoms with Crippen LogP contribution in [0.25, 0.3) is 0 Å². The molecule has 1 heterocycles. The summed E-state index contributed by atoms with van der Waals surface area (Å²) in [6.45, 7) is 2.71. The Hall–Kier alpha value is -0.560. The number of ether oxygens (including phenoxy) is 1. The molecule has 0 radical (unpaired) electrons. The summed E-state index contributed by atoms with van der Waals surface area (Å²) in [6.07, 6.45) is 1.41. The molecule has 0 aliphatic heterocycles. The van der Waals surface area contributed by atoms with Crippen LogP contribution in [0.1, 0.15) is 6.92 Å². The van der Waals surface area contributed by atoms with Gasteiger partial charge in [0.2, 0.25) is 5.88 Å². The molecule has 0 saturated carbocycles. The van der Waals surface area contributed by atoms with Gasteiger partial charge in [0.05, 0.1) is 10.0 Å². The first-order chi connectivity index (χ1) is 9.52. The van der Waals surface area contributed by atoms with Crippen LogP contribution in [-0.4, -0.2) is 16.5 Å². The second-order valence-electron chi connectivity index (χ2n) is 3.67. The fourth-order valence-corrected chi connectivity index (χ4v) is 2.66. The number of rotatable bonds is 4. The summed E-state index contributed by atoms with van der Waals surface area (Å²) < 4.78 is 7.01. The number of hydrogen-bond donors (Lipinski definition) is 1. The monoisotopic (exact) mass is 439 g/mol. The lowest BCUT2D eigenvalue weighted by Gasteiger charge is -2.11. The maximum atomic E-state index is 6.12. The molecule has 1 aromatic heterocycles. The average molecular weight is 442 g/mol. The molecule has 0 bridgehead atoms. The van der Waals surface area contributed by atoms with E-state index in [1.165, 1.54) is 6.33 Å². The van der Waals surface area contributed by atoms with Gasteiger partial charge in [0, 0.05) is 17.1 Å². The van der Waals surface area contributed by atoms with Crippen molar-refractivity contribution in [2.75, 3.05) is 11.9 Å². The molecular weight excluding hydrogens is 433 g/mol. The lowest BCUT2D eigenvalue weighted by atomic mass is 10.3. The van der Waals surface area contributed by atoms with Crippen molar-refractivity contribution in [2.24, 2.45) is 0 Å². The van der Waals surface area contributed by atoms with Crippen LogP contribution in [0.15, 0.2) is 27.4 Å². The predicted octanol–water partition coefficient (Wildman–Crippen LogP) is 5.53. The maximum Gasteiger partial charge on any atom is 0.238 e. The quantitative estimate of drug-likeness (QED) is 0.633. The fourth-order valence-electron chi connectivity index (χ4n) is 1.40. The van der Waals surface area contributed by atoms with E-state index in [0.717, 1.165) is 6.54 Å². The van der Waals surface area contributed by atoms with Gasteiger partial charge >= 0.3 is 0 Å². The second kappa shape index (κ2) is 6.93. The van der Waals surface area contributed by atoms with Crippen molar-refractivity contribution in [3.05, 3.63) is 37.5 Å². The third-order valence-electron chi connectivity index (χ3n) is 2.28. The van der Waals surface area contributed by atoms with Gasteiger partial charge in [0.1, 0.15) is 22.4 Å². The Bertz CT molecular complexity index is 640. The van der Waals surface area contributed by atoms with E-state index in [4.69, 9.17) is 27.9 Å². The zero-order valence-electron chi connectivity index (χ0n) is 10.3. The molecule has 0 atom stereocenters. The molecule has 106 valence electrons. The number of nitrogens with zero attached hydrogens (tertiary/aromatic N) is 2. The number of hydrogen-bond acceptors (Lipinski definition) is 4. The van der Waals surface area contributed by atoms with Gasteiger partial charge in [-0.05, 0) is 44.8 Å². The van der Waals surface area contributed by atoms with Crippen LogP contribution < -0.4 is 10.1 Å². The Morgan fingerprint density at radius 3 is 2.65 bits per heavy atom. The summed E-state index contributed by atoms with van der Waals surface area (Å²) in [6, 6.07) is 3.29. The van der Waals surface area contributed by atoms with E-state index in [1.807, 2.05) is 6.92 Å². The van der Waals surface area contributed by atoms with E-state index in [0.29, 0.717) is 36.4 Å². The van der Waals surface area contributed by atoms with Gasteiger partial charge in [-0.3, -0.25) is 0 Å². The van der Waals surface area contributed by atoms with Gasteiger partial charge in [0.15, 0.2) is 0 Å². The molecule has 0 aliphatic carbocycles. The summed E-state index contributed by atoms with van der Waals surface area (Å²) >= 11 is 18.8. The Balaban J connectivity index is 2.35. The zero-order chi connectivity index (χ0) is 14.7. The van der Waals surface area contributed by atoms with Crippen LogP contribution in [0.3, 0.4) is 0 Å². The van der Waals surface area contributed by atoms with Crippen molar-refractivity contribution in [1.29, 1.82) is 0 Å². The molecule has 20 heavy (non-hydrogen) atoms. The minimum atomic E-state index is 0.358. The van der Waals surface area contributed by atoms with E-state index in [2.05, 4.69) is 47.1 Å². The Kier molecular flexibility index (Phi) is 5.49. The highest BCUT2D eigenvalue weighted by molar-refractivity contribution is 9.11. The molecule has 4 nitrogen and oxygen atoms in total. The summed E-state index contributed by atoms with van der Waals surface area (Å²) in [4.78, 5) is 8.18. The molecule has 0 unspecified atom stereocenters. The fraction of sp³-hybridized carbons (Fsp3) is 0.167. The third kappa shape index (κ3) is 3.55. The number of aromatic nitrogens is 2. The van der Waals surface area contributed by atoms with Crippen molar-refractivity contribution in [1.82, 2.24) is 9.97 Å². The van der Waals surface area contributed by atoms with E-state index >= 15 is 0 Å². The summed E-state index contributed by atoms with van der Waals surface area (Å²) in [7, 11) is 0. The summed E-state index contributed by atoms with van der Waals surface area (Å²) in [5, 5.41) is 4.02. The SMILES string of the molecule is CCNc1ncnc(Oc2cc(Cl)c(Br)cc2Cl)c1Br. The van der Waals surface area contributed by atoms with Crippen molar-refractivity contribution in [3.8, 4) is 11.6 Å². The van der Waals surface area contributed by atoms with E-state index in [-0.39, 0.29) is 0 Å². The van der Waals surface area contributed by atoms with Gasteiger partial charge in [0.25, 0.3) is 0 Å². The van der Waals surface area contributed by atoms with Gasteiger partial charge in [-0.2, -0.15) is 0 Å².